The van der Waals surface area contributed by atoms with E-state index in [2.05, 4.69) is 15.5 Å². The zero-order chi connectivity index (χ0) is 18.8. The maximum atomic E-state index is 12.5. The number of benzene rings is 1. The number of rotatable bonds is 5. The van der Waals surface area contributed by atoms with Crippen molar-refractivity contribution < 1.29 is 14.1 Å². The van der Waals surface area contributed by atoms with E-state index in [0.29, 0.717) is 24.8 Å². The summed E-state index contributed by atoms with van der Waals surface area (Å²) < 4.78 is 5.02. The normalized spacial score (nSPS) is 16.7. The average molecular weight is 382 g/mol. The smallest absolute Gasteiger partial charge is 0.227 e. The molecule has 3 heterocycles. The van der Waals surface area contributed by atoms with Crippen LogP contribution in [0.15, 0.2) is 46.3 Å². The zero-order valence-corrected chi connectivity index (χ0v) is 15.5. The summed E-state index contributed by atoms with van der Waals surface area (Å²) in [6, 6.07) is 11.3. The lowest BCUT2D eigenvalue weighted by Crippen LogP contribution is -2.32. The van der Waals surface area contributed by atoms with Gasteiger partial charge < -0.3 is 14.7 Å². The Kier molecular flexibility index (Phi) is 4.72. The van der Waals surface area contributed by atoms with Crippen molar-refractivity contribution in [2.24, 2.45) is 5.92 Å². The Labute approximate surface area is 160 Å². The lowest BCUT2D eigenvalue weighted by atomic mass is 10.1. The van der Waals surface area contributed by atoms with Gasteiger partial charge in [0, 0.05) is 36.0 Å². The van der Waals surface area contributed by atoms with Gasteiger partial charge in [-0.3, -0.25) is 9.59 Å². The van der Waals surface area contributed by atoms with E-state index in [9.17, 15) is 9.59 Å². The molecule has 1 atom stereocenters. The Morgan fingerprint density at radius 2 is 2.26 bits per heavy atom. The van der Waals surface area contributed by atoms with E-state index in [1.807, 2.05) is 41.8 Å². The third-order valence-electron chi connectivity index (χ3n) is 4.46. The number of carbonyl (C=O) groups excluding carboxylic acids is 2. The first-order chi connectivity index (χ1) is 13.1. The molecule has 3 aromatic rings. The molecule has 1 N–H and O–H groups in total. The van der Waals surface area contributed by atoms with Gasteiger partial charge in [0.25, 0.3) is 0 Å². The summed E-state index contributed by atoms with van der Waals surface area (Å²) in [4.78, 5) is 31.9. The molecule has 1 aliphatic rings. The van der Waals surface area contributed by atoms with Crippen LogP contribution in [-0.4, -0.2) is 28.5 Å². The highest BCUT2D eigenvalue weighted by atomic mass is 32.1. The number of anilines is 1. The monoisotopic (exact) mass is 382 g/mol. The van der Waals surface area contributed by atoms with Gasteiger partial charge >= 0.3 is 0 Å². The van der Waals surface area contributed by atoms with Gasteiger partial charge in [-0.1, -0.05) is 23.4 Å². The minimum Gasteiger partial charge on any atom is -0.351 e. The quantitative estimate of drug-likeness (QED) is 0.733. The molecule has 7 nitrogen and oxygen atoms in total. The fourth-order valence-electron chi connectivity index (χ4n) is 3.09. The molecule has 4 rings (SSSR count). The summed E-state index contributed by atoms with van der Waals surface area (Å²) in [7, 11) is 0. The minimum absolute atomic E-state index is 0.0623. The molecule has 1 aliphatic heterocycles. The van der Waals surface area contributed by atoms with Crippen molar-refractivity contribution in [1.82, 2.24) is 15.5 Å². The summed E-state index contributed by atoms with van der Waals surface area (Å²) in [6.45, 7) is 2.58. The SMILES string of the molecule is Cc1nc(-c2cccc(N3CC(C(=O)NCc4cccs4)CC3=O)c2)no1. The van der Waals surface area contributed by atoms with Crippen LogP contribution in [0.4, 0.5) is 5.69 Å². The lowest BCUT2D eigenvalue weighted by Gasteiger charge is -2.17. The highest BCUT2D eigenvalue weighted by Gasteiger charge is 2.35. The predicted molar refractivity (Wildman–Crippen MR) is 101 cm³/mol. The Hall–Kier alpha value is -3.00. The van der Waals surface area contributed by atoms with Crippen LogP contribution < -0.4 is 10.2 Å². The molecule has 0 aliphatic carbocycles. The van der Waals surface area contributed by atoms with Crippen molar-refractivity contribution in [3.63, 3.8) is 0 Å². The fraction of sp³-hybridized carbons (Fsp3) is 0.263. The van der Waals surface area contributed by atoms with Gasteiger partial charge in [0.15, 0.2) is 0 Å². The van der Waals surface area contributed by atoms with Crippen LogP contribution in [0.2, 0.25) is 0 Å². The summed E-state index contributed by atoms with van der Waals surface area (Å²) in [5.41, 5.74) is 1.50. The molecule has 0 spiro atoms. The maximum absolute atomic E-state index is 12.5. The Bertz CT molecular complexity index is 967. The lowest BCUT2D eigenvalue weighted by molar-refractivity contribution is -0.126. The molecule has 138 valence electrons. The number of hydrogen-bond donors (Lipinski definition) is 1. The summed E-state index contributed by atoms with van der Waals surface area (Å²) in [5, 5.41) is 8.80. The molecule has 2 aromatic heterocycles. The minimum atomic E-state index is -0.353. The van der Waals surface area contributed by atoms with Crippen LogP contribution in [0.5, 0.6) is 0 Å². The highest BCUT2D eigenvalue weighted by Crippen LogP contribution is 2.28. The molecule has 0 bridgehead atoms. The van der Waals surface area contributed by atoms with Crippen molar-refractivity contribution in [2.75, 3.05) is 11.4 Å². The van der Waals surface area contributed by atoms with Crippen LogP contribution in [0, 0.1) is 12.8 Å². The Balaban J connectivity index is 1.45. The number of nitrogens with one attached hydrogen (secondary N) is 1. The first-order valence-corrected chi connectivity index (χ1v) is 9.49. The van der Waals surface area contributed by atoms with Crippen LogP contribution in [-0.2, 0) is 16.1 Å². The molecule has 1 saturated heterocycles. The number of nitrogens with zero attached hydrogens (tertiary/aromatic N) is 3. The standard InChI is InChI=1S/C19H18N4O3S/c1-12-21-18(22-26-12)13-4-2-5-15(8-13)23-11-14(9-17(23)24)19(25)20-10-16-6-3-7-27-16/h2-8,14H,9-11H2,1H3,(H,20,25). The summed E-state index contributed by atoms with van der Waals surface area (Å²) in [5.74, 6) is 0.451. The van der Waals surface area contributed by atoms with Crippen LogP contribution >= 0.6 is 11.3 Å². The van der Waals surface area contributed by atoms with Gasteiger partial charge in [0.2, 0.25) is 23.5 Å². The van der Waals surface area contributed by atoms with Gasteiger partial charge in [0.05, 0.1) is 12.5 Å². The molecule has 0 saturated carbocycles. The number of amides is 2. The summed E-state index contributed by atoms with van der Waals surface area (Å²) >= 11 is 1.60. The molecule has 2 amide bonds. The third kappa shape index (κ3) is 3.75. The van der Waals surface area contributed by atoms with Gasteiger partial charge in [0.1, 0.15) is 0 Å². The zero-order valence-electron chi connectivity index (χ0n) is 14.7. The van der Waals surface area contributed by atoms with E-state index in [-0.39, 0.29) is 24.2 Å². The molecule has 27 heavy (non-hydrogen) atoms. The van der Waals surface area contributed by atoms with Gasteiger partial charge in [-0.15, -0.1) is 11.3 Å². The molecule has 1 fully saturated rings. The number of thiophene rings is 1. The summed E-state index contributed by atoms with van der Waals surface area (Å²) in [6.07, 6.45) is 0.210. The molecule has 1 unspecified atom stereocenters. The van der Waals surface area contributed by atoms with Crippen LogP contribution in [0.25, 0.3) is 11.4 Å². The maximum Gasteiger partial charge on any atom is 0.227 e. The second kappa shape index (κ2) is 7.32. The van der Waals surface area contributed by atoms with E-state index in [1.165, 1.54) is 0 Å². The number of carbonyl (C=O) groups is 2. The van der Waals surface area contributed by atoms with Crippen molar-refractivity contribution in [2.45, 2.75) is 19.9 Å². The largest absolute Gasteiger partial charge is 0.351 e. The van der Waals surface area contributed by atoms with Gasteiger partial charge in [-0.25, -0.2) is 0 Å². The fourth-order valence-corrected chi connectivity index (χ4v) is 3.74. The second-order valence-corrected chi connectivity index (χ2v) is 7.42. The second-order valence-electron chi connectivity index (χ2n) is 6.39. The molecular weight excluding hydrogens is 364 g/mol. The highest BCUT2D eigenvalue weighted by molar-refractivity contribution is 7.09. The number of hydrogen-bond acceptors (Lipinski definition) is 6. The molecule has 8 heteroatoms. The third-order valence-corrected chi connectivity index (χ3v) is 5.33. The Morgan fingerprint density at radius 3 is 3.00 bits per heavy atom. The molecular formula is C19H18N4O3S. The number of aromatic nitrogens is 2. The van der Waals surface area contributed by atoms with E-state index >= 15 is 0 Å². The first kappa shape index (κ1) is 17.4. The van der Waals surface area contributed by atoms with E-state index < -0.39 is 0 Å². The number of aryl methyl sites for hydroxylation is 1. The van der Waals surface area contributed by atoms with Crippen molar-refractivity contribution >= 4 is 28.8 Å². The van der Waals surface area contributed by atoms with Gasteiger partial charge in [-0.05, 0) is 23.6 Å². The topological polar surface area (TPSA) is 88.3 Å². The Morgan fingerprint density at radius 1 is 1.37 bits per heavy atom. The van der Waals surface area contributed by atoms with Crippen molar-refractivity contribution in [3.05, 3.63) is 52.5 Å². The van der Waals surface area contributed by atoms with Crippen LogP contribution in [0.3, 0.4) is 0 Å². The first-order valence-electron chi connectivity index (χ1n) is 8.61. The average Bonchev–Trinajstić information content (AvgIpc) is 3.41. The van der Waals surface area contributed by atoms with E-state index in [1.54, 1.807) is 23.2 Å². The van der Waals surface area contributed by atoms with Crippen molar-refractivity contribution in [3.8, 4) is 11.4 Å². The molecule has 0 radical (unpaired) electrons. The van der Waals surface area contributed by atoms with E-state index in [0.717, 1.165) is 16.1 Å². The predicted octanol–water partition coefficient (Wildman–Crippen LogP) is 2.78. The van der Waals surface area contributed by atoms with E-state index in [4.69, 9.17) is 4.52 Å². The van der Waals surface area contributed by atoms with Gasteiger partial charge in [-0.2, -0.15) is 4.98 Å². The van der Waals surface area contributed by atoms with Crippen molar-refractivity contribution in [1.29, 1.82) is 0 Å². The van der Waals surface area contributed by atoms with Crippen LogP contribution in [0.1, 0.15) is 17.2 Å². The molecule has 1 aromatic carbocycles.